The number of likely N-dealkylation sites (N-methyl/N-ethyl adjacent to an activating group) is 1. The molecule has 0 radical (unpaired) electrons. The fourth-order valence-corrected chi connectivity index (χ4v) is 3.78. The Hall–Kier alpha value is -1.85. The smallest absolute Gasteiger partial charge is 0.226 e. The molecule has 0 bridgehead atoms. The maximum Gasteiger partial charge on any atom is 0.226 e. The summed E-state index contributed by atoms with van der Waals surface area (Å²) in [5.41, 5.74) is 4.85. The van der Waals surface area contributed by atoms with Crippen LogP contribution in [0.15, 0.2) is 18.2 Å². The van der Waals surface area contributed by atoms with Crippen molar-refractivity contribution in [2.75, 3.05) is 33.2 Å². The van der Waals surface area contributed by atoms with Crippen LogP contribution in [0.2, 0.25) is 5.02 Å². The number of likely N-dealkylation sites (tertiary alicyclic amines) is 1. The van der Waals surface area contributed by atoms with E-state index in [9.17, 15) is 4.79 Å². The molecule has 27 heavy (non-hydrogen) atoms. The van der Waals surface area contributed by atoms with E-state index in [0.717, 1.165) is 59.4 Å². The van der Waals surface area contributed by atoms with E-state index < -0.39 is 0 Å². The highest BCUT2D eigenvalue weighted by molar-refractivity contribution is 6.31. The van der Waals surface area contributed by atoms with Gasteiger partial charge in [-0.1, -0.05) is 17.7 Å². The summed E-state index contributed by atoms with van der Waals surface area (Å²) in [5, 5.41) is 5.37. The van der Waals surface area contributed by atoms with Gasteiger partial charge in [-0.15, -0.1) is 0 Å². The average molecular weight is 389 g/mol. The van der Waals surface area contributed by atoms with Crippen molar-refractivity contribution in [2.45, 2.75) is 40.0 Å². The Labute approximate surface area is 166 Å². The van der Waals surface area contributed by atoms with Gasteiger partial charge in [0.1, 0.15) is 0 Å². The molecule has 1 fully saturated rings. The number of aryl methyl sites for hydroxylation is 2. The Morgan fingerprint density at radius 2 is 1.93 bits per heavy atom. The number of aromatic nitrogens is 2. The average Bonchev–Trinajstić information content (AvgIpc) is 3.25. The van der Waals surface area contributed by atoms with E-state index in [4.69, 9.17) is 11.6 Å². The minimum absolute atomic E-state index is 0.141. The van der Waals surface area contributed by atoms with Crippen molar-refractivity contribution >= 4 is 17.5 Å². The molecule has 0 N–H and O–H groups in total. The van der Waals surface area contributed by atoms with Crippen LogP contribution in [0.3, 0.4) is 0 Å². The number of rotatable bonds is 6. The molecule has 3 rings (SSSR count). The second kappa shape index (κ2) is 8.44. The Bertz CT molecular complexity index is 824. The van der Waals surface area contributed by atoms with Crippen molar-refractivity contribution < 1.29 is 4.79 Å². The first-order valence-electron chi connectivity index (χ1n) is 9.64. The van der Waals surface area contributed by atoms with Crippen LogP contribution in [0.1, 0.15) is 35.4 Å². The number of carbonyl (C=O) groups excluding carboxylic acids is 1. The first kappa shape index (κ1) is 19.9. The van der Waals surface area contributed by atoms with E-state index >= 15 is 0 Å². The van der Waals surface area contributed by atoms with Crippen molar-refractivity contribution in [3.05, 3.63) is 45.7 Å². The van der Waals surface area contributed by atoms with Crippen molar-refractivity contribution in [3.63, 3.8) is 0 Å². The molecule has 146 valence electrons. The Morgan fingerprint density at radius 3 is 2.59 bits per heavy atom. The maximum absolute atomic E-state index is 12.7. The monoisotopic (exact) mass is 388 g/mol. The predicted octanol–water partition coefficient (Wildman–Crippen LogP) is 3.55. The summed E-state index contributed by atoms with van der Waals surface area (Å²) in [6.45, 7) is 10.0. The summed E-state index contributed by atoms with van der Waals surface area (Å²) in [7, 11) is 1.90. The Balaban J connectivity index is 1.70. The topological polar surface area (TPSA) is 41.4 Å². The molecular formula is C21H29ClN4O. The molecule has 2 heterocycles. The minimum Gasteiger partial charge on any atom is -0.344 e. The largest absolute Gasteiger partial charge is 0.344 e. The van der Waals surface area contributed by atoms with Crippen molar-refractivity contribution in [1.29, 1.82) is 0 Å². The molecule has 1 saturated heterocycles. The van der Waals surface area contributed by atoms with E-state index in [1.54, 1.807) is 0 Å². The normalized spacial score (nSPS) is 14.7. The van der Waals surface area contributed by atoms with Gasteiger partial charge in [0, 0.05) is 36.4 Å². The van der Waals surface area contributed by atoms with E-state index in [1.165, 1.54) is 12.8 Å². The first-order chi connectivity index (χ1) is 12.9. The number of hydrogen-bond donors (Lipinski definition) is 0. The summed E-state index contributed by atoms with van der Waals surface area (Å²) >= 11 is 6.27. The van der Waals surface area contributed by atoms with Gasteiger partial charge in [-0.3, -0.25) is 4.79 Å². The number of benzene rings is 1. The van der Waals surface area contributed by atoms with E-state index in [2.05, 4.69) is 10.00 Å². The zero-order chi connectivity index (χ0) is 19.6. The summed E-state index contributed by atoms with van der Waals surface area (Å²) in [6, 6.07) is 5.92. The van der Waals surface area contributed by atoms with Crippen LogP contribution in [-0.2, 0) is 11.2 Å². The molecule has 6 heteroatoms. The molecule has 1 amide bonds. The lowest BCUT2D eigenvalue weighted by atomic mass is 10.1. The highest BCUT2D eigenvalue weighted by Gasteiger charge is 2.19. The third-order valence-electron chi connectivity index (χ3n) is 5.55. The lowest BCUT2D eigenvalue weighted by molar-refractivity contribution is -0.129. The second-order valence-electron chi connectivity index (χ2n) is 7.54. The minimum atomic E-state index is 0.141. The number of nitrogens with zero attached hydrogens (tertiary/aromatic N) is 4. The molecular weight excluding hydrogens is 360 g/mol. The number of carbonyl (C=O) groups is 1. The van der Waals surface area contributed by atoms with Crippen LogP contribution in [-0.4, -0.2) is 58.7 Å². The molecule has 0 spiro atoms. The molecule has 1 aliphatic heterocycles. The van der Waals surface area contributed by atoms with Gasteiger partial charge in [-0.2, -0.15) is 5.10 Å². The SMILES string of the molecule is Cc1ccc(-n2nc(C)c(CC(=O)N(C)CCN3CCCC3)c2C)cc1Cl. The van der Waals surface area contributed by atoms with Crippen LogP contribution < -0.4 is 0 Å². The molecule has 2 aromatic rings. The van der Waals surface area contributed by atoms with Crippen molar-refractivity contribution in [2.24, 2.45) is 0 Å². The van der Waals surface area contributed by atoms with Gasteiger partial charge in [0.25, 0.3) is 0 Å². The van der Waals surface area contributed by atoms with Crippen molar-refractivity contribution in [1.82, 2.24) is 19.6 Å². The zero-order valence-electron chi connectivity index (χ0n) is 16.8. The van der Waals surface area contributed by atoms with E-state index in [0.29, 0.717) is 6.42 Å². The molecule has 1 aromatic heterocycles. The third kappa shape index (κ3) is 4.53. The highest BCUT2D eigenvalue weighted by atomic mass is 35.5. The van der Waals surface area contributed by atoms with Gasteiger partial charge >= 0.3 is 0 Å². The van der Waals surface area contributed by atoms with Gasteiger partial charge in [0.2, 0.25) is 5.91 Å². The third-order valence-corrected chi connectivity index (χ3v) is 5.95. The van der Waals surface area contributed by atoms with Crippen LogP contribution in [0, 0.1) is 20.8 Å². The van der Waals surface area contributed by atoms with Crippen LogP contribution in [0.25, 0.3) is 5.69 Å². The summed E-state index contributed by atoms with van der Waals surface area (Å²) in [4.78, 5) is 17.0. The molecule has 5 nitrogen and oxygen atoms in total. The summed E-state index contributed by atoms with van der Waals surface area (Å²) in [6.07, 6.45) is 2.93. The van der Waals surface area contributed by atoms with E-state index in [1.807, 2.05) is 55.6 Å². The molecule has 0 atom stereocenters. The van der Waals surface area contributed by atoms with Crippen molar-refractivity contribution in [3.8, 4) is 5.69 Å². The van der Waals surface area contributed by atoms with Gasteiger partial charge in [0.05, 0.1) is 17.8 Å². The van der Waals surface area contributed by atoms with Gasteiger partial charge in [-0.25, -0.2) is 4.68 Å². The quantitative estimate of drug-likeness (QED) is 0.759. The zero-order valence-corrected chi connectivity index (χ0v) is 17.5. The molecule has 0 saturated carbocycles. The molecule has 1 aromatic carbocycles. The lowest BCUT2D eigenvalue weighted by Crippen LogP contribution is -2.36. The van der Waals surface area contributed by atoms with E-state index in [-0.39, 0.29) is 5.91 Å². The van der Waals surface area contributed by atoms with Gasteiger partial charge < -0.3 is 9.80 Å². The lowest BCUT2D eigenvalue weighted by Gasteiger charge is -2.21. The number of halogens is 1. The number of amides is 1. The van der Waals surface area contributed by atoms with Crippen LogP contribution >= 0.6 is 11.6 Å². The predicted molar refractivity (Wildman–Crippen MR) is 110 cm³/mol. The summed E-state index contributed by atoms with van der Waals surface area (Å²) < 4.78 is 1.88. The molecule has 1 aliphatic rings. The number of hydrogen-bond acceptors (Lipinski definition) is 3. The van der Waals surface area contributed by atoms with Gasteiger partial charge in [-0.05, 0) is 64.4 Å². The van der Waals surface area contributed by atoms with Gasteiger partial charge in [0.15, 0.2) is 0 Å². The maximum atomic E-state index is 12.7. The fraction of sp³-hybridized carbons (Fsp3) is 0.524. The highest BCUT2D eigenvalue weighted by Crippen LogP contribution is 2.23. The van der Waals surface area contributed by atoms with Crippen LogP contribution in [0.5, 0.6) is 0 Å². The second-order valence-corrected chi connectivity index (χ2v) is 7.94. The molecule has 0 unspecified atom stereocenters. The standard InChI is InChI=1S/C21H29ClN4O/c1-15-7-8-18(13-20(15)22)26-17(3)19(16(2)23-26)14-21(27)24(4)11-12-25-9-5-6-10-25/h7-8,13H,5-6,9-12,14H2,1-4H3. The Morgan fingerprint density at radius 1 is 1.22 bits per heavy atom. The molecule has 0 aliphatic carbocycles. The first-order valence-corrected chi connectivity index (χ1v) is 10.0. The summed E-state index contributed by atoms with van der Waals surface area (Å²) in [5.74, 6) is 0.141. The fourth-order valence-electron chi connectivity index (χ4n) is 3.60. The van der Waals surface area contributed by atoms with Crippen LogP contribution in [0.4, 0.5) is 0 Å². The Kier molecular flexibility index (Phi) is 6.22.